The number of carbonyl (C=O) groups is 2. The molecule has 1 aliphatic heterocycles. The summed E-state index contributed by atoms with van der Waals surface area (Å²) in [5.74, 6) is -0.0955. The number of thiazole rings is 1. The minimum absolute atomic E-state index is 0.0323. The Kier molecular flexibility index (Phi) is 8.48. The molecule has 0 fully saturated rings. The van der Waals surface area contributed by atoms with Crippen LogP contribution in [0.3, 0.4) is 0 Å². The number of nitrogens with zero attached hydrogens (tertiary/aromatic N) is 2. The first kappa shape index (κ1) is 31.2. The molecule has 6 rings (SSSR count). The van der Waals surface area contributed by atoms with Gasteiger partial charge in [-0.3, -0.25) is 14.5 Å². The summed E-state index contributed by atoms with van der Waals surface area (Å²) in [7, 11) is 1.52. The lowest BCUT2D eigenvalue weighted by atomic mass is 9.95. The van der Waals surface area contributed by atoms with Gasteiger partial charge in [0, 0.05) is 5.39 Å². The molecule has 3 aromatic carbocycles. The van der Waals surface area contributed by atoms with Gasteiger partial charge in [-0.1, -0.05) is 49.4 Å². The number of amides is 1. The third kappa shape index (κ3) is 5.58. The highest BCUT2D eigenvalue weighted by molar-refractivity contribution is 7.22. The van der Waals surface area contributed by atoms with Crippen molar-refractivity contribution in [2.75, 3.05) is 25.2 Å². The minimum Gasteiger partial charge on any atom is -0.503 e. The lowest BCUT2D eigenvalue weighted by molar-refractivity contribution is -0.117. The van der Waals surface area contributed by atoms with Gasteiger partial charge in [-0.15, -0.1) is 0 Å². The van der Waals surface area contributed by atoms with Gasteiger partial charge in [-0.25, -0.2) is 4.98 Å². The van der Waals surface area contributed by atoms with Crippen molar-refractivity contribution in [1.82, 2.24) is 4.98 Å². The number of anilines is 1. The summed E-state index contributed by atoms with van der Waals surface area (Å²) in [4.78, 5) is 34.4. The molecule has 0 saturated heterocycles. The number of rotatable bonds is 11. The molecule has 1 unspecified atom stereocenters. The highest BCUT2D eigenvalue weighted by Gasteiger charge is 2.47. The molecule has 238 valence electrons. The zero-order valence-electron chi connectivity index (χ0n) is 26.7. The van der Waals surface area contributed by atoms with Crippen LogP contribution in [0.25, 0.3) is 21.2 Å². The molecular formula is C36H36N2O7S. The zero-order valence-corrected chi connectivity index (χ0v) is 27.5. The summed E-state index contributed by atoms with van der Waals surface area (Å²) in [6, 6.07) is 15.3. The lowest BCUT2D eigenvalue weighted by Crippen LogP contribution is -2.31. The average molecular weight is 641 g/mol. The van der Waals surface area contributed by atoms with Crippen LogP contribution in [0.2, 0.25) is 0 Å². The van der Waals surface area contributed by atoms with Gasteiger partial charge in [0.2, 0.25) is 5.78 Å². The van der Waals surface area contributed by atoms with Gasteiger partial charge in [0.1, 0.15) is 0 Å². The Bertz CT molecular complexity index is 2000. The maximum atomic E-state index is 14.3. The van der Waals surface area contributed by atoms with Crippen LogP contribution in [0.15, 0.2) is 70.3 Å². The van der Waals surface area contributed by atoms with Crippen molar-refractivity contribution in [3.63, 3.8) is 0 Å². The van der Waals surface area contributed by atoms with Crippen molar-refractivity contribution in [3.05, 3.63) is 88.4 Å². The number of hydrogen-bond donors (Lipinski definition) is 1. The fourth-order valence-electron chi connectivity index (χ4n) is 5.74. The number of benzene rings is 3. The fraction of sp³-hybridized carbons (Fsp3) is 0.306. The minimum atomic E-state index is -1.03. The average Bonchev–Trinajstić information content (AvgIpc) is 3.72. The van der Waals surface area contributed by atoms with Crippen LogP contribution in [0.4, 0.5) is 5.13 Å². The summed E-state index contributed by atoms with van der Waals surface area (Å²) in [6.45, 7) is 11.0. The number of aryl methyl sites for hydroxylation is 2. The van der Waals surface area contributed by atoms with Crippen molar-refractivity contribution in [2.24, 2.45) is 5.92 Å². The van der Waals surface area contributed by atoms with Gasteiger partial charge in [-0.2, -0.15) is 0 Å². The van der Waals surface area contributed by atoms with E-state index in [1.807, 2.05) is 32.9 Å². The standard InChI is InChI=1S/C36H36N2O7S/c1-7-43-26-17-22(11-12-24(26)44-14-13-19(2)3)31-29(32(39)27-18-23-9-8-10-25(42-6)34(23)45-27)33(40)35(41)38(31)36-37-30-21(5)15-20(4)16-28(30)46-36/h8-12,15-19,31,40H,7,13-14H2,1-6H3. The molecule has 2 aromatic heterocycles. The largest absolute Gasteiger partial charge is 0.503 e. The fourth-order valence-corrected chi connectivity index (χ4v) is 6.91. The molecule has 10 heteroatoms. The molecule has 5 aromatic rings. The number of Topliss-reactive ketones (excluding diaryl/α,β-unsaturated/α-hetero) is 1. The van der Waals surface area contributed by atoms with E-state index >= 15 is 0 Å². The first-order chi connectivity index (χ1) is 22.1. The molecular weight excluding hydrogens is 604 g/mol. The van der Waals surface area contributed by atoms with Crippen molar-refractivity contribution < 1.29 is 33.3 Å². The van der Waals surface area contributed by atoms with Gasteiger partial charge >= 0.3 is 0 Å². The summed E-state index contributed by atoms with van der Waals surface area (Å²) >= 11 is 1.33. The Morgan fingerprint density at radius 2 is 1.87 bits per heavy atom. The normalized spacial score (nSPS) is 15.1. The van der Waals surface area contributed by atoms with E-state index < -0.39 is 23.5 Å². The Labute approximate surface area is 271 Å². The van der Waals surface area contributed by atoms with Crippen LogP contribution < -0.4 is 19.1 Å². The molecule has 9 nitrogen and oxygen atoms in total. The maximum Gasteiger partial charge on any atom is 0.296 e. The molecule has 0 spiro atoms. The number of ether oxygens (including phenoxy) is 3. The van der Waals surface area contributed by atoms with E-state index in [0.29, 0.717) is 58.0 Å². The molecule has 1 amide bonds. The first-order valence-electron chi connectivity index (χ1n) is 15.3. The van der Waals surface area contributed by atoms with Crippen LogP contribution in [0.1, 0.15) is 60.5 Å². The number of para-hydroxylation sites is 1. The van der Waals surface area contributed by atoms with E-state index in [0.717, 1.165) is 27.8 Å². The van der Waals surface area contributed by atoms with E-state index in [4.69, 9.17) is 23.6 Å². The Hall–Kier alpha value is -4.83. The van der Waals surface area contributed by atoms with Crippen molar-refractivity contribution in [1.29, 1.82) is 0 Å². The molecule has 0 aliphatic carbocycles. The molecule has 1 atom stereocenters. The van der Waals surface area contributed by atoms with E-state index in [1.165, 1.54) is 23.3 Å². The van der Waals surface area contributed by atoms with Gasteiger partial charge in [-0.05, 0) is 80.1 Å². The molecule has 1 N–H and O–H groups in total. The number of ketones is 1. The van der Waals surface area contributed by atoms with Crippen LogP contribution in [0, 0.1) is 19.8 Å². The van der Waals surface area contributed by atoms with E-state index in [9.17, 15) is 14.7 Å². The highest BCUT2D eigenvalue weighted by Crippen LogP contribution is 2.46. The molecule has 0 radical (unpaired) electrons. The van der Waals surface area contributed by atoms with Gasteiger partial charge < -0.3 is 23.7 Å². The van der Waals surface area contributed by atoms with E-state index in [2.05, 4.69) is 13.8 Å². The van der Waals surface area contributed by atoms with Gasteiger partial charge in [0.25, 0.3) is 5.91 Å². The summed E-state index contributed by atoms with van der Waals surface area (Å²) in [6.07, 6.45) is 0.867. The summed E-state index contributed by atoms with van der Waals surface area (Å²) < 4.78 is 24.3. The topological polar surface area (TPSA) is 111 Å². The van der Waals surface area contributed by atoms with Crippen molar-refractivity contribution in [3.8, 4) is 17.2 Å². The van der Waals surface area contributed by atoms with Crippen LogP contribution in [0.5, 0.6) is 17.2 Å². The third-order valence-electron chi connectivity index (χ3n) is 7.97. The maximum absolute atomic E-state index is 14.3. The summed E-state index contributed by atoms with van der Waals surface area (Å²) in [5, 5.41) is 12.4. The number of aliphatic hydroxyl groups excluding tert-OH is 1. The van der Waals surface area contributed by atoms with Crippen molar-refractivity contribution >= 4 is 49.3 Å². The second-order valence-corrected chi connectivity index (χ2v) is 12.8. The molecule has 0 bridgehead atoms. The second-order valence-electron chi connectivity index (χ2n) is 11.8. The van der Waals surface area contributed by atoms with Crippen LogP contribution >= 0.6 is 11.3 Å². The predicted octanol–water partition coefficient (Wildman–Crippen LogP) is 8.27. The molecule has 3 heterocycles. The van der Waals surface area contributed by atoms with E-state index in [1.54, 1.807) is 42.5 Å². The van der Waals surface area contributed by atoms with Crippen molar-refractivity contribution in [2.45, 2.75) is 47.1 Å². The van der Waals surface area contributed by atoms with Gasteiger partial charge in [0.15, 0.2) is 39.5 Å². The number of methoxy groups -OCH3 is 1. The Balaban J connectivity index is 1.50. The smallest absolute Gasteiger partial charge is 0.296 e. The third-order valence-corrected chi connectivity index (χ3v) is 8.97. The second kappa shape index (κ2) is 12.5. The molecule has 0 saturated carbocycles. The number of aromatic nitrogens is 1. The zero-order chi connectivity index (χ0) is 32.7. The summed E-state index contributed by atoms with van der Waals surface area (Å²) in [5.41, 5.74) is 3.60. The first-order valence-corrected chi connectivity index (χ1v) is 16.1. The number of fused-ring (bicyclic) bond motifs is 2. The van der Waals surface area contributed by atoms with Crippen LogP contribution in [-0.4, -0.2) is 42.1 Å². The number of hydrogen-bond acceptors (Lipinski definition) is 9. The van der Waals surface area contributed by atoms with Gasteiger partial charge in [0.05, 0.1) is 42.2 Å². The van der Waals surface area contributed by atoms with Crippen LogP contribution in [-0.2, 0) is 4.79 Å². The Morgan fingerprint density at radius 1 is 1.07 bits per heavy atom. The quantitative estimate of drug-likeness (QED) is 0.144. The Morgan fingerprint density at radius 3 is 2.61 bits per heavy atom. The number of aliphatic hydroxyl groups is 1. The monoisotopic (exact) mass is 640 g/mol. The molecule has 46 heavy (non-hydrogen) atoms. The SMILES string of the molecule is CCOc1cc(C2C(C(=O)c3cc4cccc(OC)c4o3)=C(O)C(=O)N2c2nc3c(C)cc(C)cc3s2)ccc1OCCC(C)C. The van der Waals surface area contributed by atoms with E-state index in [-0.39, 0.29) is 11.3 Å². The predicted molar refractivity (Wildman–Crippen MR) is 179 cm³/mol. The lowest BCUT2D eigenvalue weighted by Gasteiger charge is -2.25. The highest BCUT2D eigenvalue weighted by atomic mass is 32.1. The number of furan rings is 1. The number of carbonyl (C=O) groups excluding carboxylic acids is 2. The molecule has 1 aliphatic rings.